The summed E-state index contributed by atoms with van der Waals surface area (Å²) in [6.07, 6.45) is 0. The number of aromatic nitrogens is 2. The summed E-state index contributed by atoms with van der Waals surface area (Å²) in [5, 5.41) is 2.95. The lowest BCUT2D eigenvalue weighted by Crippen LogP contribution is -2.42. The summed E-state index contributed by atoms with van der Waals surface area (Å²) in [7, 11) is 1.32. The Balaban J connectivity index is 1.92. The molecule has 0 saturated carbocycles. The van der Waals surface area contributed by atoms with E-state index in [9.17, 15) is 9.59 Å². The van der Waals surface area contributed by atoms with Crippen LogP contribution in [0.15, 0.2) is 6.07 Å². The Bertz CT molecular complexity index is 607. The van der Waals surface area contributed by atoms with Gasteiger partial charge < -0.3 is 19.7 Å². The maximum Gasteiger partial charge on any atom is 0.356 e. The predicted octanol–water partition coefficient (Wildman–Crippen LogP) is -0.477. The van der Waals surface area contributed by atoms with Crippen LogP contribution in [0.4, 0.5) is 5.95 Å². The smallest absolute Gasteiger partial charge is 0.356 e. The van der Waals surface area contributed by atoms with Crippen LogP contribution in [0.25, 0.3) is 0 Å². The Morgan fingerprint density at radius 1 is 1.41 bits per heavy atom. The van der Waals surface area contributed by atoms with Gasteiger partial charge in [-0.05, 0) is 13.0 Å². The highest BCUT2D eigenvalue weighted by atomic mass is 16.5. The van der Waals surface area contributed by atoms with Gasteiger partial charge >= 0.3 is 5.97 Å². The number of esters is 1. The van der Waals surface area contributed by atoms with Crippen LogP contribution in [0.3, 0.4) is 0 Å². The van der Waals surface area contributed by atoms with Crippen molar-refractivity contribution in [1.82, 2.24) is 15.3 Å². The van der Waals surface area contributed by atoms with Crippen LogP contribution < -0.4 is 10.2 Å². The molecule has 1 aromatic rings. The van der Waals surface area contributed by atoms with E-state index in [1.807, 2.05) is 4.90 Å². The number of anilines is 1. The van der Waals surface area contributed by atoms with Crippen molar-refractivity contribution >= 4 is 17.8 Å². The summed E-state index contributed by atoms with van der Waals surface area (Å²) < 4.78 is 10.2. The minimum Gasteiger partial charge on any atom is -0.464 e. The van der Waals surface area contributed by atoms with E-state index in [1.54, 1.807) is 13.0 Å². The van der Waals surface area contributed by atoms with Crippen LogP contribution in [0.2, 0.25) is 0 Å². The molecule has 2 fully saturated rings. The van der Waals surface area contributed by atoms with E-state index in [0.717, 1.165) is 0 Å². The number of fused-ring (bicyclic) bond motifs is 3. The summed E-state index contributed by atoms with van der Waals surface area (Å²) >= 11 is 0. The van der Waals surface area contributed by atoms with Crippen molar-refractivity contribution in [2.75, 3.05) is 38.3 Å². The number of ether oxygens (including phenoxy) is 2. The maximum atomic E-state index is 12.0. The second-order valence-electron chi connectivity index (χ2n) is 5.53. The lowest BCUT2D eigenvalue weighted by Gasteiger charge is -2.27. The van der Waals surface area contributed by atoms with E-state index in [1.165, 1.54) is 7.11 Å². The molecule has 8 nitrogen and oxygen atoms in total. The molecular formula is C14H18N4O4. The third kappa shape index (κ3) is 2.87. The Hall–Kier alpha value is -2.22. The first-order valence-electron chi connectivity index (χ1n) is 7.14. The minimum atomic E-state index is -0.501. The number of nitrogens with one attached hydrogen (secondary N) is 1. The van der Waals surface area contributed by atoms with Crippen LogP contribution in [0, 0.1) is 12.8 Å². The van der Waals surface area contributed by atoms with E-state index in [0.29, 0.717) is 37.9 Å². The molecule has 22 heavy (non-hydrogen) atoms. The molecule has 0 radical (unpaired) electrons. The van der Waals surface area contributed by atoms with Gasteiger partial charge in [0.1, 0.15) is 0 Å². The molecule has 0 spiro atoms. The molecule has 1 aromatic heterocycles. The highest BCUT2D eigenvalue weighted by Crippen LogP contribution is 2.19. The van der Waals surface area contributed by atoms with Crippen molar-refractivity contribution in [1.29, 1.82) is 0 Å². The molecule has 8 heteroatoms. The van der Waals surface area contributed by atoms with Gasteiger partial charge in [-0.25, -0.2) is 14.8 Å². The molecule has 3 rings (SSSR count). The second kappa shape index (κ2) is 5.88. The van der Waals surface area contributed by atoms with Gasteiger partial charge in [0.2, 0.25) is 11.9 Å². The van der Waals surface area contributed by atoms with Crippen molar-refractivity contribution in [3.05, 3.63) is 17.5 Å². The van der Waals surface area contributed by atoms with Gasteiger partial charge in [-0.3, -0.25) is 4.79 Å². The molecule has 1 amide bonds. The van der Waals surface area contributed by atoms with Crippen molar-refractivity contribution in [2.45, 2.75) is 13.0 Å². The molecule has 0 aliphatic carbocycles. The van der Waals surface area contributed by atoms with Crippen molar-refractivity contribution in [3.63, 3.8) is 0 Å². The summed E-state index contributed by atoms with van der Waals surface area (Å²) in [6, 6.07) is 1.48. The van der Waals surface area contributed by atoms with Gasteiger partial charge in [0, 0.05) is 18.8 Å². The van der Waals surface area contributed by atoms with Crippen LogP contribution in [-0.4, -0.2) is 61.3 Å². The number of nitrogens with zero attached hydrogens (tertiary/aromatic N) is 3. The zero-order valence-electron chi connectivity index (χ0n) is 12.5. The Labute approximate surface area is 127 Å². The summed E-state index contributed by atoms with van der Waals surface area (Å²) in [4.78, 5) is 34.3. The standard InChI is InChI=1S/C14H18N4O4/c1-8-3-11(13(20)21-2)17-14(15-8)18-4-9-6-22-7-10(5-18)16-12(9)19/h3,9-10H,4-7H2,1-2H3,(H,16,19)/t9-,10+/m1/s1. The number of amides is 1. The minimum absolute atomic E-state index is 0.00848. The van der Waals surface area contributed by atoms with Gasteiger partial charge in [-0.2, -0.15) is 0 Å². The predicted molar refractivity (Wildman–Crippen MR) is 76.6 cm³/mol. The Kier molecular flexibility index (Phi) is 3.93. The Morgan fingerprint density at radius 3 is 3.00 bits per heavy atom. The summed E-state index contributed by atoms with van der Waals surface area (Å²) in [6.45, 7) is 3.66. The monoisotopic (exact) mass is 306 g/mol. The first-order chi connectivity index (χ1) is 10.6. The molecule has 2 atom stereocenters. The molecular weight excluding hydrogens is 288 g/mol. The van der Waals surface area contributed by atoms with Gasteiger partial charge in [0.15, 0.2) is 5.69 Å². The van der Waals surface area contributed by atoms with E-state index < -0.39 is 5.97 Å². The number of carbonyl (C=O) groups excluding carboxylic acids is 2. The van der Waals surface area contributed by atoms with E-state index in [-0.39, 0.29) is 23.6 Å². The van der Waals surface area contributed by atoms with Gasteiger partial charge in [0.05, 0.1) is 32.3 Å². The fourth-order valence-electron chi connectivity index (χ4n) is 2.70. The average molecular weight is 306 g/mol. The van der Waals surface area contributed by atoms with Gasteiger partial charge in [-0.15, -0.1) is 0 Å². The zero-order valence-corrected chi connectivity index (χ0v) is 12.5. The molecule has 3 heterocycles. The zero-order chi connectivity index (χ0) is 15.7. The highest BCUT2D eigenvalue weighted by Gasteiger charge is 2.34. The molecule has 2 aliphatic rings. The third-order valence-electron chi connectivity index (χ3n) is 3.76. The second-order valence-corrected chi connectivity index (χ2v) is 5.53. The van der Waals surface area contributed by atoms with E-state index in [2.05, 4.69) is 15.3 Å². The first kappa shape index (κ1) is 14.7. The molecule has 1 N–H and O–H groups in total. The van der Waals surface area contributed by atoms with E-state index >= 15 is 0 Å². The van der Waals surface area contributed by atoms with Gasteiger partial charge in [0.25, 0.3) is 0 Å². The first-order valence-corrected chi connectivity index (χ1v) is 7.14. The number of aryl methyl sites for hydroxylation is 1. The normalized spacial score (nSPS) is 24.5. The average Bonchev–Trinajstić information content (AvgIpc) is 2.74. The van der Waals surface area contributed by atoms with Crippen molar-refractivity contribution < 1.29 is 19.1 Å². The highest BCUT2D eigenvalue weighted by molar-refractivity contribution is 5.87. The molecule has 2 saturated heterocycles. The quantitative estimate of drug-likeness (QED) is 0.738. The number of rotatable bonds is 2. The van der Waals surface area contributed by atoms with E-state index in [4.69, 9.17) is 9.47 Å². The topological polar surface area (TPSA) is 93.6 Å². The number of methoxy groups -OCH3 is 1. The fraction of sp³-hybridized carbons (Fsp3) is 0.571. The lowest BCUT2D eigenvalue weighted by atomic mass is 10.1. The molecule has 2 aliphatic heterocycles. The molecule has 118 valence electrons. The van der Waals surface area contributed by atoms with Crippen molar-refractivity contribution in [2.24, 2.45) is 5.92 Å². The van der Waals surface area contributed by atoms with Crippen LogP contribution in [0.1, 0.15) is 16.2 Å². The molecule has 0 unspecified atom stereocenters. The summed E-state index contributed by atoms with van der Waals surface area (Å²) in [5.74, 6) is -0.336. The number of carbonyl (C=O) groups is 2. The summed E-state index contributed by atoms with van der Waals surface area (Å²) in [5.41, 5.74) is 0.894. The third-order valence-corrected chi connectivity index (χ3v) is 3.76. The SMILES string of the molecule is COC(=O)c1cc(C)nc(N2C[C@H]3COC[C@@H](C2)C(=O)N3)n1. The molecule has 0 aromatic carbocycles. The fourth-order valence-corrected chi connectivity index (χ4v) is 2.70. The van der Waals surface area contributed by atoms with Crippen LogP contribution >= 0.6 is 0 Å². The van der Waals surface area contributed by atoms with Crippen LogP contribution in [-0.2, 0) is 14.3 Å². The van der Waals surface area contributed by atoms with Gasteiger partial charge in [-0.1, -0.05) is 0 Å². The lowest BCUT2D eigenvalue weighted by molar-refractivity contribution is -0.124. The van der Waals surface area contributed by atoms with Crippen LogP contribution in [0.5, 0.6) is 0 Å². The van der Waals surface area contributed by atoms with Crippen molar-refractivity contribution in [3.8, 4) is 0 Å². The largest absolute Gasteiger partial charge is 0.464 e. The molecule has 2 bridgehead atoms. The Morgan fingerprint density at radius 2 is 2.23 bits per heavy atom. The number of hydrogen-bond donors (Lipinski definition) is 1. The number of hydrogen-bond acceptors (Lipinski definition) is 7. The maximum absolute atomic E-state index is 12.0.